The highest BCUT2D eigenvalue weighted by Gasteiger charge is 2.28. The Balaban J connectivity index is 1.69. The largest absolute Gasteiger partial charge is 0.393 e. The van der Waals surface area contributed by atoms with Crippen LogP contribution in [0.2, 0.25) is 0 Å². The Morgan fingerprint density at radius 2 is 2.13 bits per heavy atom. The number of halogens is 1. The zero-order chi connectivity index (χ0) is 16.4. The summed E-state index contributed by atoms with van der Waals surface area (Å²) in [7, 11) is 1.70. The summed E-state index contributed by atoms with van der Waals surface area (Å²) in [5.74, 6) is -0.450. The average molecular weight is 318 g/mol. The summed E-state index contributed by atoms with van der Waals surface area (Å²) >= 11 is 0. The maximum absolute atomic E-state index is 12.9. The van der Waals surface area contributed by atoms with Gasteiger partial charge in [0.05, 0.1) is 18.0 Å². The monoisotopic (exact) mass is 318 g/mol. The van der Waals surface area contributed by atoms with Crippen molar-refractivity contribution in [3.8, 4) is 5.69 Å². The van der Waals surface area contributed by atoms with Gasteiger partial charge in [0.1, 0.15) is 5.82 Å². The Morgan fingerprint density at radius 3 is 2.78 bits per heavy atom. The minimum absolute atomic E-state index is 0.121. The van der Waals surface area contributed by atoms with E-state index >= 15 is 0 Å². The lowest BCUT2D eigenvalue weighted by atomic mass is 10.1. The fraction of sp³-hybridized carbons (Fsp3) is 0.438. The highest BCUT2D eigenvalue weighted by atomic mass is 19.1. The number of hydrogen-bond acceptors (Lipinski definition) is 4. The number of amides is 1. The molecule has 1 aliphatic rings. The molecule has 0 spiro atoms. The Morgan fingerprint density at radius 1 is 1.39 bits per heavy atom. The number of hydrogen-bond donors (Lipinski definition) is 1. The molecular formula is C16H19FN4O2. The van der Waals surface area contributed by atoms with Crippen LogP contribution >= 0.6 is 0 Å². The van der Waals surface area contributed by atoms with Crippen LogP contribution in [0.1, 0.15) is 29.8 Å². The summed E-state index contributed by atoms with van der Waals surface area (Å²) in [6.07, 6.45) is 3.92. The Labute approximate surface area is 133 Å². The molecule has 1 amide bonds. The maximum atomic E-state index is 12.9. The van der Waals surface area contributed by atoms with E-state index in [2.05, 4.69) is 10.3 Å². The fourth-order valence-electron chi connectivity index (χ4n) is 2.94. The van der Waals surface area contributed by atoms with Gasteiger partial charge in [0, 0.05) is 19.5 Å². The molecule has 0 aliphatic heterocycles. The Bertz CT molecular complexity index is 686. The molecule has 6 nitrogen and oxygen atoms in total. The predicted octanol–water partition coefficient (Wildman–Crippen LogP) is 1.64. The van der Waals surface area contributed by atoms with Crippen molar-refractivity contribution < 1.29 is 14.3 Å². The third-order valence-corrected chi connectivity index (χ3v) is 4.28. The molecular weight excluding hydrogens is 299 g/mol. The number of aliphatic hydroxyl groups is 1. The summed E-state index contributed by atoms with van der Waals surface area (Å²) < 4.78 is 14.4. The van der Waals surface area contributed by atoms with Gasteiger partial charge in [0.2, 0.25) is 0 Å². The maximum Gasteiger partial charge on any atom is 0.275 e. The molecule has 1 fully saturated rings. The number of benzene rings is 1. The summed E-state index contributed by atoms with van der Waals surface area (Å²) in [6.45, 7) is 0.503. The summed E-state index contributed by atoms with van der Waals surface area (Å²) in [6, 6.07) is 5.78. The first kappa shape index (κ1) is 15.6. The minimum atomic E-state index is -0.333. The first-order chi connectivity index (χ1) is 11.0. The van der Waals surface area contributed by atoms with Crippen molar-refractivity contribution in [1.29, 1.82) is 0 Å². The van der Waals surface area contributed by atoms with E-state index in [4.69, 9.17) is 0 Å². The standard InChI is InChI=1S/C16H19FN4O2/c1-20(9-11-3-2-4-15(11)22)16(23)14-10-21(19-18-14)13-7-5-12(17)6-8-13/h5-8,10-11,15,22H,2-4,9H2,1H3. The van der Waals surface area contributed by atoms with Crippen molar-refractivity contribution in [2.75, 3.05) is 13.6 Å². The van der Waals surface area contributed by atoms with Gasteiger partial charge in [-0.15, -0.1) is 5.10 Å². The molecule has 1 aromatic heterocycles. The van der Waals surface area contributed by atoms with Crippen LogP contribution in [-0.4, -0.2) is 50.6 Å². The van der Waals surface area contributed by atoms with E-state index in [1.165, 1.54) is 23.0 Å². The molecule has 0 radical (unpaired) electrons. The lowest BCUT2D eigenvalue weighted by molar-refractivity contribution is 0.0688. The highest BCUT2D eigenvalue weighted by molar-refractivity contribution is 5.91. The van der Waals surface area contributed by atoms with E-state index in [-0.39, 0.29) is 29.4 Å². The lowest BCUT2D eigenvalue weighted by Crippen LogP contribution is -2.34. The van der Waals surface area contributed by atoms with E-state index in [1.54, 1.807) is 24.1 Å². The molecule has 1 saturated carbocycles. The van der Waals surface area contributed by atoms with Crippen LogP contribution in [0.25, 0.3) is 5.69 Å². The van der Waals surface area contributed by atoms with Crippen LogP contribution in [-0.2, 0) is 0 Å². The van der Waals surface area contributed by atoms with Crippen molar-refractivity contribution in [2.24, 2.45) is 5.92 Å². The SMILES string of the molecule is CN(CC1CCCC1O)C(=O)c1cn(-c2ccc(F)cc2)nn1. The molecule has 1 aromatic carbocycles. The quantitative estimate of drug-likeness (QED) is 0.930. The van der Waals surface area contributed by atoms with Crippen LogP contribution in [0.4, 0.5) is 4.39 Å². The van der Waals surface area contributed by atoms with Crippen molar-refractivity contribution in [3.63, 3.8) is 0 Å². The molecule has 0 saturated heterocycles. The number of rotatable bonds is 4. The van der Waals surface area contributed by atoms with Gasteiger partial charge in [0.15, 0.2) is 5.69 Å². The molecule has 23 heavy (non-hydrogen) atoms. The van der Waals surface area contributed by atoms with Crippen LogP contribution in [0.3, 0.4) is 0 Å². The molecule has 1 heterocycles. The van der Waals surface area contributed by atoms with Gasteiger partial charge in [-0.2, -0.15) is 0 Å². The number of carbonyl (C=O) groups is 1. The fourth-order valence-corrected chi connectivity index (χ4v) is 2.94. The number of carbonyl (C=O) groups excluding carboxylic acids is 1. The molecule has 122 valence electrons. The second kappa shape index (κ2) is 6.45. The van der Waals surface area contributed by atoms with Crippen LogP contribution in [0, 0.1) is 11.7 Å². The molecule has 1 N–H and O–H groups in total. The second-order valence-electron chi connectivity index (χ2n) is 5.97. The molecule has 2 aromatic rings. The van der Waals surface area contributed by atoms with E-state index < -0.39 is 0 Å². The molecule has 2 unspecified atom stereocenters. The minimum Gasteiger partial charge on any atom is -0.393 e. The van der Waals surface area contributed by atoms with Gasteiger partial charge in [-0.25, -0.2) is 9.07 Å². The first-order valence-corrected chi connectivity index (χ1v) is 7.66. The van der Waals surface area contributed by atoms with Gasteiger partial charge < -0.3 is 10.0 Å². The van der Waals surface area contributed by atoms with Gasteiger partial charge in [-0.3, -0.25) is 4.79 Å². The van der Waals surface area contributed by atoms with Crippen molar-refractivity contribution in [1.82, 2.24) is 19.9 Å². The Hall–Kier alpha value is -2.28. The smallest absolute Gasteiger partial charge is 0.275 e. The van der Waals surface area contributed by atoms with Crippen LogP contribution in [0.5, 0.6) is 0 Å². The van der Waals surface area contributed by atoms with Gasteiger partial charge in [-0.1, -0.05) is 11.6 Å². The predicted molar refractivity (Wildman–Crippen MR) is 81.6 cm³/mol. The molecule has 1 aliphatic carbocycles. The van der Waals surface area contributed by atoms with E-state index in [1.807, 2.05) is 0 Å². The van der Waals surface area contributed by atoms with E-state index in [9.17, 15) is 14.3 Å². The zero-order valence-electron chi connectivity index (χ0n) is 12.9. The summed E-state index contributed by atoms with van der Waals surface area (Å²) in [5, 5.41) is 17.7. The molecule has 7 heteroatoms. The summed E-state index contributed by atoms with van der Waals surface area (Å²) in [4.78, 5) is 14.0. The lowest BCUT2D eigenvalue weighted by Gasteiger charge is -2.22. The van der Waals surface area contributed by atoms with Crippen molar-refractivity contribution >= 4 is 5.91 Å². The highest BCUT2D eigenvalue weighted by Crippen LogP contribution is 2.26. The van der Waals surface area contributed by atoms with Crippen molar-refractivity contribution in [3.05, 3.63) is 42.0 Å². The topological polar surface area (TPSA) is 71.2 Å². The summed E-state index contributed by atoms with van der Waals surface area (Å²) in [5.41, 5.74) is 0.858. The van der Waals surface area contributed by atoms with Gasteiger partial charge >= 0.3 is 0 Å². The third-order valence-electron chi connectivity index (χ3n) is 4.28. The number of aliphatic hydroxyl groups excluding tert-OH is 1. The first-order valence-electron chi connectivity index (χ1n) is 7.66. The molecule has 3 rings (SSSR count). The van der Waals surface area contributed by atoms with Crippen molar-refractivity contribution in [2.45, 2.75) is 25.4 Å². The number of nitrogens with zero attached hydrogens (tertiary/aromatic N) is 4. The number of aromatic nitrogens is 3. The third kappa shape index (κ3) is 3.39. The Kier molecular flexibility index (Phi) is 4.38. The van der Waals surface area contributed by atoms with Gasteiger partial charge in [-0.05, 0) is 37.1 Å². The average Bonchev–Trinajstić information content (AvgIpc) is 3.17. The van der Waals surface area contributed by atoms with E-state index in [0.717, 1.165) is 19.3 Å². The zero-order valence-corrected chi connectivity index (χ0v) is 12.9. The second-order valence-corrected chi connectivity index (χ2v) is 5.97. The molecule has 2 atom stereocenters. The van der Waals surface area contributed by atoms with Gasteiger partial charge in [0.25, 0.3) is 5.91 Å². The van der Waals surface area contributed by atoms with Crippen LogP contribution < -0.4 is 0 Å². The molecule has 0 bridgehead atoms. The van der Waals surface area contributed by atoms with E-state index in [0.29, 0.717) is 12.2 Å². The van der Waals surface area contributed by atoms with Crippen LogP contribution in [0.15, 0.2) is 30.5 Å². The normalized spacial score (nSPS) is 20.7.